The quantitative estimate of drug-likeness (QED) is 0.267. The number of para-hydroxylation sites is 2. The Morgan fingerprint density at radius 3 is 2.46 bits per heavy atom. The molecule has 0 amide bonds. The monoisotopic (exact) mass is 507 g/mol. The second kappa shape index (κ2) is 10.4. The first-order valence-electron chi connectivity index (χ1n) is 12.9. The SMILES string of the molecule is C[C@@H]1C[C@H](Nc2ncc(Cl)c(-c3cn(-c4ccccc4)c4ccccc34)n2)CN(Cc2ccccc2)C1. The normalized spacial score (nSPS) is 18.2. The van der Waals surface area contributed by atoms with Crippen LogP contribution in [0.2, 0.25) is 5.02 Å². The minimum atomic E-state index is 0.271. The highest BCUT2D eigenvalue weighted by atomic mass is 35.5. The molecule has 0 saturated carbocycles. The van der Waals surface area contributed by atoms with Crippen molar-refractivity contribution in [3.8, 4) is 16.9 Å². The van der Waals surface area contributed by atoms with Gasteiger partial charge in [-0.15, -0.1) is 0 Å². The van der Waals surface area contributed by atoms with Gasteiger partial charge in [0.2, 0.25) is 5.95 Å². The summed E-state index contributed by atoms with van der Waals surface area (Å²) in [5.74, 6) is 1.21. The average molecular weight is 508 g/mol. The number of hydrogen-bond donors (Lipinski definition) is 1. The van der Waals surface area contributed by atoms with Gasteiger partial charge in [-0.25, -0.2) is 9.97 Å². The van der Waals surface area contributed by atoms with Gasteiger partial charge in [0, 0.05) is 48.5 Å². The summed E-state index contributed by atoms with van der Waals surface area (Å²) < 4.78 is 2.19. The Morgan fingerprint density at radius 2 is 1.65 bits per heavy atom. The number of rotatable bonds is 6. The third-order valence-corrected chi connectivity index (χ3v) is 7.34. The van der Waals surface area contributed by atoms with Gasteiger partial charge in [0.15, 0.2) is 0 Å². The van der Waals surface area contributed by atoms with E-state index >= 15 is 0 Å². The van der Waals surface area contributed by atoms with E-state index in [1.165, 1.54) is 5.56 Å². The van der Waals surface area contributed by atoms with E-state index in [2.05, 4.69) is 112 Å². The predicted octanol–water partition coefficient (Wildman–Crippen LogP) is 7.06. The van der Waals surface area contributed by atoms with Gasteiger partial charge in [0.05, 0.1) is 22.4 Å². The largest absolute Gasteiger partial charge is 0.350 e. The summed E-state index contributed by atoms with van der Waals surface area (Å²) in [6.07, 6.45) is 4.93. The second-order valence-electron chi connectivity index (χ2n) is 10.0. The molecule has 3 heterocycles. The third-order valence-electron chi connectivity index (χ3n) is 7.06. The Labute approximate surface area is 222 Å². The number of likely N-dealkylation sites (tertiary alicyclic amines) is 1. The fourth-order valence-electron chi connectivity index (χ4n) is 5.52. The average Bonchev–Trinajstić information content (AvgIpc) is 3.30. The van der Waals surface area contributed by atoms with Crippen molar-refractivity contribution in [2.75, 3.05) is 18.4 Å². The van der Waals surface area contributed by atoms with Crippen LogP contribution in [0.4, 0.5) is 5.95 Å². The summed E-state index contributed by atoms with van der Waals surface area (Å²) >= 11 is 6.70. The van der Waals surface area contributed by atoms with Crippen molar-refractivity contribution in [1.82, 2.24) is 19.4 Å². The Balaban J connectivity index is 1.29. The van der Waals surface area contributed by atoms with E-state index < -0.39 is 0 Å². The molecule has 0 bridgehead atoms. The molecule has 0 spiro atoms. The van der Waals surface area contributed by atoms with Crippen LogP contribution in [0.25, 0.3) is 27.8 Å². The highest BCUT2D eigenvalue weighted by Gasteiger charge is 2.26. The number of hydrogen-bond acceptors (Lipinski definition) is 4. The van der Waals surface area contributed by atoms with Crippen LogP contribution >= 0.6 is 11.6 Å². The van der Waals surface area contributed by atoms with Crippen LogP contribution in [0.1, 0.15) is 18.9 Å². The molecule has 186 valence electrons. The first-order valence-corrected chi connectivity index (χ1v) is 13.2. The molecule has 6 rings (SSSR count). The maximum atomic E-state index is 6.70. The molecule has 1 N–H and O–H groups in total. The van der Waals surface area contributed by atoms with E-state index in [0.717, 1.165) is 53.9 Å². The van der Waals surface area contributed by atoms with Gasteiger partial charge >= 0.3 is 0 Å². The van der Waals surface area contributed by atoms with E-state index in [1.807, 2.05) is 6.07 Å². The molecule has 2 aromatic heterocycles. The fourth-order valence-corrected chi connectivity index (χ4v) is 5.71. The molecular formula is C31H30ClN5. The summed E-state index contributed by atoms with van der Waals surface area (Å²) in [4.78, 5) is 12.0. The van der Waals surface area contributed by atoms with Crippen LogP contribution in [0.3, 0.4) is 0 Å². The van der Waals surface area contributed by atoms with Crippen molar-refractivity contribution < 1.29 is 0 Å². The van der Waals surface area contributed by atoms with E-state index in [1.54, 1.807) is 6.20 Å². The van der Waals surface area contributed by atoms with Crippen LogP contribution in [0.5, 0.6) is 0 Å². The summed E-state index contributed by atoms with van der Waals surface area (Å²) in [5, 5.41) is 5.28. The zero-order chi connectivity index (χ0) is 25.2. The Hall–Kier alpha value is -3.67. The van der Waals surface area contributed by atoms with Crippen molar-refractivity contribution in [2.45, 2.75) is 25.9 Å². The number of benzene rings is 3. The van der Waals surface area contributed by atoms with Gasteiger partial charge in [0.1, 0.15) is 0 Å². The number of nitrogens with zero attached hydrogens (tertiary/aromatic N) is 4. The maximum Gasteiger partial charge on any atom is 0.223 e. The number of fused-ring (bicyclic) bond motifs is 1. The van der Waals surface area contributed by atoms with Crippen molar-refractivity contribution in [3.05, 3.63) is 108 Å². The summed E-state index contributed by atoms with van der Waals surface area (Å²) in [7, 11) is 0. The summed E-state index contributed by atoms with van der Waals surface area (Å²) in [5.41, 5.74) is 5.30. The number of anilines is 1. The van der Waals surface area contributed by atoms with Crippen LogP contribution < -0.4 is 5.32 Å². The van der Waals surface area contributed by atoms with E-state index in [9.17, 15) is 0 Å². The molecule has 3 aromatic carbocycles. The molecule has 2 atom stereocenters. The zero-order valence-electron chi connectivity index (χ0n) is 20.9. The van der Waals surface area contributed by atoms with Crippen molar-refractivity contribution in [3.63, 3.8) is 0 Å². The summed E-state index contributed by atoms with van der Waals surface area (Å²) in [6, 6.07) is 29.7. The highest BCUT2D eigenvalue weighted by molar-refractivity contribution is 6.33. The van der Waals surface area contributed by atoms with Crippen molar-refractivity contribution in [2.24, 2.45) is 5.92 Å². The maximum absolute atomic E-state index is 6.70. The molecule has 5 nitrogen and oxygen atoms in total. The second-order valence-corrected chi connectivity index (χ2v) is 10.4. The van der Waals surface area contributed by atoms with E-state index in [-0.39, 0.29) is 6.04 Å². The van der Waals surface area contributed by atoms with Gasteiger partial charge in [-0.05, 0) is 36.1 Å². The molecule has 0 radical (unpaired) electrons. The van der Waals surface area contributed by atoms with E-state index in [4.69, 9.17) is 16.6 Å². The number of nitrogens with one attached hydrogen (secondary N) is 1. The summed E-state index contributed by atoms with van der Waals surface area (Å²) in [6.45, 7) is 5.32. The molecule has 1 fully saturated rings. The van der Waals surface area contributed by atoms with Crippen molar-refractivity contribution >= 4 is 28.5 Å². The standard InChI is InChI=1S/C31H30ClN5/c1-22-16-24(20-36(18-22)19-23-10-4-2-5-11-23)34-31-33-17-28(32)30(35-31)27-21-37(25-12-6-3-7-13-25)29-15-9-8-14-26(27)29/h2-15,17,21-22,24H,16,18-20H2,1H3,(H,33,34,35)/t22-,24+/m1/s1. The molecule has 1 saturated heterocycles. The molecule has 1 aliphatic heterocycles. The lowest BCUT2D eigenvalue weighted by Crippen LogP contribution is -2.45. The van der Waals surface area contributed by atoms with E-state index in [0.29, 0.717) is 16.9 Å². The highest BCUT2D eigenvalue weighted by Crippen LogP contribution is 2.35. The minimum Gasteiger partial charge on any atom is -0.350 e. The minimum absolute atomic E-state index is 0.271. The van der Waals surface area contributed by atoms with Gasteiger partial charge in [-0.3, -0.25) is 4.90 Å². The zero-order valence-corrected chi connectivity index (χ0v) is 21.6. The van der Waals surface area contributed by atoms with Gasteiger partial charge < -0.3 is 9.88 Å². The Kier molecular flexibility index (Phi) is 6.64. The fraction of sp³-hybridized carbons (Fsp3) is 0.226. The Bertz CT molecular complexity index is 1500. The number of piperidine rings is 1. The number of aromatic nitrogens is 3. The van der Waals surface area contributed by atoms with Crippen LogP contribution in [0, 0.1) is 5.92 Å². The predicted molar refractivity (Wildman–Crippen MR) is 152 cm³/mol. The molecule has 37 heavy (non-hydrogen) atoms. The van der Waals surface area contributed by atoms with Gasteiger partial charge in [0.25, 0.3) is 0 Å². The topological polar surface area (TPSA) is 46.0 Å². The lowest BCUT2D eigenvalue weighted by atomic mass is 9.95. The first kappa shape index (κ1) is 23.7. The Morgan fingerprint density at radius 1 is 0.919 bits per heavy atom. The van der Waals surface area contributed by atoms with Gasteiger partial charge in [-0.1, -0.05) is 85.3 Å². The molecule has 5 aromatic rings. The van der Waals surface area contributed by atoms with Crippen LogP contribution in [0.15, 0.2) is 97.3 Å². The van der Waals surface area contributed by atoms with Gasteiger partial charge in [-0.2, -0.15) is 0 Å². The molecule has 0 unspecified atom stereocenters. The van der Waals surface area contributed by atoms with Crippen LogP contribution in [-0.4, -0.2) is 38.6 Å². The molecular weight excluding hydrogens is 478 g/mol. The van der Waals surface area contributed by atoms with Crippen LogP contribution in [-0.2, 0) is 6.54 Å². The first-order chi connectivity index (χ1) is 18.1. The lowest BCUT2D eigenvalue weighted by molar-refractivity contribution is 0.165. The number of halogens is 1. The molecule has 1 aliphatic rings. The smallest absolute Gasteiger partial charge is 0.223 e. The molecule has 0 aliphatic carbocycles. The lowest BCUT2D eigenvalue weighted by Gasteiger charge is -2.36. The molecule has 6 heteroatoms. The third kappa shape index (κ3) is 5.10. The van der Waals surface area contributed by atoms with Crippen molar-refractivity contribution in [1.29, 1.82) is 0 Å².